The van der Waals surface area contributed by atoms with E-state index in [9.17, 15) is 0 Å². The lowest BCUT2D eigenvalue weighted by Crippen LogP contribution is -1.93. The van der Waals surface area contributed by atoms with Crippen LogP contribution in [0.2, 0.25) is 0 Å². The maximum Gasteiger partial charge on any atom is -0.00799 e. The van der Waals surface area contributed by atoms with Gasteiger partial charge in [-0.3, -0.25) is 0 Å². The van der Waals surface area contributed by atoms with Crippen molar-refractivity contribution < 1.29 is 5.48 Å². The zero-order chi connectivity index (χ0) is 3.41. The minimum atomic E-state index is 0. The first-order chi connectivity index (χ1) is 1.91. The Kier molecular flexibility index (Phi) is 116. The van der Waals surface area contributed by atoms with Crippen LogP contribution in [-0.2, 0) is 0 Å². The molecule has 0 rings (SSSR count). The third-order valence-corrected chi connectivity index (χ3v) is 0.289. The average molecular weight is 150 g/mol. The molecule has 0 aliphatic carbocycles. The van der Waals surface area contributed by atoms with E-state index in [1.54, 1.807) is 0 Å². The SMILES string of the molecule is CCCN.Cl.Cl.O. The van der Waals surface area contributed by atoms with E-state index in [1.807, 2.05) is 0 Å². The molecule has 0 aliphatic rings. The van der Waals surface area contributed by atoms with Gasteiger partial charge in [-0.25, -0.2) is 0 Å². The number of hydrogen-bond acceptors (Lipinski definition) is 1. The Morgan fingerprint density at radius 3 is 1.43 bits per heavy atom. The normalized spacial score (nSPS) is 4.29. The van der Waals surface area contributed by atoms with Gasteiger partial charge in [-0.15, -0.1) is 24.8 Å². The Balaban J connectivity index is -0.0000000150. The van der Waals surface area contributed by atoms with Gasteiger partial charge in [0.1, 0.15) is 0 Å². The third kappa shape index (κ3) is 58.5. The summed E-state index contributed by atoms with van der Waals surface area (Å²) in [4.78, 5) is 0. The largest absolute Gasteiger partial charge is 0.412 e. The van der Waals surface area contributed by atoms with Crippen LogP contribution in [0.3, 0.4) is 0 Å². The zero-order valence-corrected chi connectivity index (χ0v) is 5.94. The van der Waals surface area contributed by atoms with Gasteiger partial charge in [0, 0.05) is 0 Å². The molecule has 0 heterocycles. The van der Waals surface area contributed by atoms with Gasteiger partial charge in [-0.1, -0.05) is 6.92 Å². The van der Waals surface area contributed by atoms with Gasteiger partial charge in [-0.2, -0.15) is 0 Å². The van der Waals surface area contributed by atoms with E-state index >= 15 is 0 Å². The summed E-state index contributed by atoms with van der Waals surface area (Å²) in [6.45, 7) is 2.88. The van der Waals surface area contributed by atoms with E-state index in [0.29, 0.717) is 0 Å². The Morgan fingerprint density at radius 1 is 1.29 bits per heavy atom. The van der Waals surface area contributed by atoms with E-state index in [0.717, 1.165) is 13.0 Å². The van der Waals surface area contributed by atoms with E-state index in [2.05, 4.69) is 6.92 Å². The second-order valence-electron chi connectivity index (χ2n) is 0.789. The molecule has 0 aromatic rings. The van der Waals surface area contributed by atoms with Gasteiger partial charge in [0.05, 0.1) is 0 Å². The van der Waals surface area contributed by atoms with Crippen LogP contribution in [0.4, 0.5) is 0 Å². The summed E-state index contributed by atoms with van der Waals surface area (Å²) >= 11 is 0. The van der Waals surface area contributed by atoms with Crippen LogP contribution in [0.15, 0.2) is 0 Å². The first-order valence-corrected chi connectivity index (χ1v) is 1.62. The number of rotatable bonds is 1. The number of nitrogens with two attached hydrogens (primary N) is 1. The molecular weight excluding hydrogens is 137 g/mol. The van der Waals surface area contributed by atoms with Gasteiger partial charge in [-0.05, 0) is 13.0 Å². The molecular formula is C3H13Cl2NO. The summed E-state index contributed by atoms with van der Waals surface area (Å²) in [7, 11) is 0. The molecule has 0 atom stereocenters. The molecule has 0 aromatic heterocycles. The van der Waals surface area contributed by atoms with E-state index < -0.39 is 0 Å². The molecule has 0 spiro atoms. The Morgan fingerprint density at radius 2 is 1.43 bits per heavy atom. The molecule has 7 heavy (non-hydrogen) atoms. The Bertz CT molecular complexity index is 14.9. The standard InChI is InChI=1S/C3H9N.2ClH.H2O/c1-2-3-4;;;/h2-4H2,1H3;2*1H;1H2. The molecule has 2 nitrogen and oxygen atoms in total. The van der Waals surface area contributed by atoms with Crippen LogP contribution in [0.1, 0.15) is 13.3 Å². The first-order valence-electron chi connectivity index (χ1n) is 1.62. The van der Waals surface area contributed by atoms with Crippen LogP contribution in [0.25, 0.3) is 0 Å². The predicted molar refractivity (Wildman–Crippen MR) is 37.5 cm³/mol. The first kappa shape index (κ1) is 25.9. The molecule has 0 aliphatic heterocycles. The number of halogens is 2. The molecule has 50 valence electrons. The van der Waals surface area contributed by atoms with Gasteiger partial charge in [0.15, 0.2) is 0 Å². The van der Waals surface area contributed by atoms with Gasteiger partial charge in [0.25, 0.3) is 0 Å². The van der Waals surface area contributed by atoms with Crippen LogP contribution < -0.4 is 5.73 Å². The molecule has 0 fully saturated rings. The second kappa shape index (κ2) is 31.5. The molecule has 0 aromatic carbocycles. The van der Waals surface area contributed by atoms with Crippen LogP contribution in [0.5, 0.6) is 0 Å². The molecule has 0 bridgehead atoms. The van der Waals surface area contributed by atoms with Crippen LogP contribution >= 0.6 is 24.8 Å². The molecule has 0 saturated heterocycles. The van der Waals surface area contributed by atoms with Crippen molar-refractivity contribution in [2.75, 3.05) is 6.54 Å². The molecule has 0 amide bonds. The average Bonchev–Trinajstić information content (AvgIpc) is 1.37. The van der Waals surface area contributed by atoms with E-state index in [4.69, 9.17) is 5.73 Å². The van der Waals surface area contributed by atoms with Gasteiger partial charge >= 0.3 is 0 Å². The molecule has 4 heteroatoms. The summed E-state index contributed by atoms with van der Waals surface area (Å²) < 4.78 is 0. The fourth-order valence-corrected chi connectivity index (χ4v) is 0. The number of hydrogen-bond donors (Lipinski definition) is 1. The lowest BCUT2D eigenvalue weighted by molar-refractivity contribution is 0.824. The van der Waals surface area contributed by atoms with Crippen LogP contribution in [0, 0.1) is 0 Å². The highest BCUT2D eigenvalue weighted by Crippen LogP contribution is 1.57. The second-order valence-corrected chi connectivity index (χ2v) is 0.789. The molecule has 0 saturated carbocycles. The van der Waals surface area contributed by atoms with E-state index in [1.165, 1.54) is 0 Å². The lowest BCUT2D eigenvalue weighted by Gasteiger charge is -1.70. The van der Waals surface area contributed by atoms with Gasteiger partial charge in [0.2, 0.25) is 0 Å². The Hall–Kier alpha value is 0.500. The summed E-state index contributed by atoms with van der Waals surface area (Å²) in [6, 6.07) is 0. The predicted octanol–water partition coefficient (Wildman–Crippen LogP) is 0.374. The van der Waals surface area contributed by atoms with Crippen molar-refractivity contribution >= 4 is 24.8 Å². The summed E-state index contributed by atoms with van der Waals surface area (Å²) in [6.07, 6.45) is 1.10. The molecule has 0 unspecified atom stereocenters. The summed E-state index contributed by atoms with van der Waals surface area (Å²) in [5.41, 5.74) is 5.03. The molecule has 4 N–H and O–H groups in total. The fourth-order valence-electron chi connectivity index (χ4n) is 0. The van der Waals surface area contributed by atoms with Crippen molar-refractivity contribution in [2.24, 2.45) is 5.73 Å². The van der Waals surface area contributed by atoms with Crippen molar-refractivity contribution in [1.82, 2.24) is 0 Å². The van der Waals surface area contributed by atoms with Crippen molar-refractivity contribution in [2.45, 2.75) is 13.3 Å². The van der Waals surface area contributed by atoms with E-state index in [-0.39, 0.29) is 30.3 Å². The topological polar surface area (TPSA) is 57.5 Å². The minimum Gasteiger partial charge on any atom is -0.412 e. The van der Waals surface area contributed by atoms with Crippen LogP contribution in [-0.4, -0.2) is 12.0 Å². The highest BCUT2D eigenvalue weighted by molar-refractivity contribution is 5.85. The van der Waals surface area contributed by atoms with Crippen molar-refractivity contribution in [3.05, 3.63) is 0 Å². The monoisotopic (exact) mass is 149 g/mol. The Labute approximate surface area is 56.6 Å². The summed E-state index contributed by atoms with van der Waals surface area (Å²) in [5.74, 6) is 0. The minimum absolute atomic E-state index is 0. The summed E-state index contributed by atoms with van der Waals surface area (Å²) in [5, 5.41) is 0. The lowest BCUT2D eigenvalue weighted by atomic mass is 10.5. The van der Waals surface area contributed by atoms with Gasteiger partial charge < -0.3 is 11.2 Å². The highest BCUT2D eigenvalue weighted by Gasteiger charge is 1.55. The van der Waals surface area contributed by atoms with Crippen molar-refractivity contribution in [3.8, 4) is 0 Å². The quantitative estimate of drug-likeness (QED) is 0.576. The third-order valence-electron chi connectivity index (χ3n) is 0.289. The maximum atomic E-state index is 5.03. The molecule has 0 radical (unpaired) electrons. The maximum absolute atomic E-state index is 5.03. The van der Waals surface area contributed by atoms with Crippen molar-refractivity contribution in [3.63, 3.8) is 0 Å². The fraction of sp³-hybridized carbons (Fsp3) is 1.00. The zero-order valence-electron chi connectivity index (χ0n) is 4.31. The smallest absolute Gasteiger partial charge is 0.00799 e. The highest BCUT2D eigenvalue weighted by atomic mass is 35.5. The van der Waals surface area contributed by atoms with Crippen molar-refractivity contribution in [1.29, 1.82) is 0 Å².